The normalized spacial score (nSPS) is 16.4. The summed E-state index contributed by atoms with van der Waals surface area (Å²) in [5, 5.41) is 2.86. The zero-order chi connectivity index (χ0) is 14.4. The zero-order valence-corrected chi connectivity index (χ0v) is 12.5. The van der Waals surface area contributed by atoms with Gasteiger partial charge < -0.3 is 15.8 Å². The summed E-state index contributed by atoms with van der Waals surface area (Å²) < 4.78 is 5.09. The summed E-state index contributed by atoms with van der Waals surface area (Å²) >= 11 is 1.95. The highest BCUT2D eigenvalue weighted by Gasteiger charge is 2.14. The standard InChI is InChI=1S/C14H21N3O2S/c1-19-11-3-4-13(12(15)9-11)16-14(18)10-17-5-2-7-20-8-6-17/h3-4,9H,2,5-8,10,15H2,1H3,(H,16,18). The molecule has 1 heterocycles. The number of ether oxygens (including phenoxy) is 1. The Kier molecular flexibility index (Phi) is 5.55. The second kappa shape index (κ2) is 7.40. The van der Waals surface area contributed by atoms with Crippen molar-refractivity contribution < 1.29 is 9.53 Å². The number of hydrogen-bond acceptors (Lipinski definition) is 5. The number of carbonyl (C=O) groups excluding carboxylic acids is 1. The van der Waals surface area contributed by atoms with Gasteiger partial charge in [-0.2, -0.15) is 11.8 Å². The minimum absolute atomic E-state index is 0.0197. The van der Waals surface area contributed by atoms with Crippen LogP contribution in [0.5, 0.6) is 5.75 Å². The van der Waals surface area contributed by atoms with Crippen molar-refractivity contribution in [2.24, 2.45) is 0 Å². The number of nitrogen functional groups attached to an aromatic ring is 1. The average Bonchev–Trinajstić information content (AvgIpc) is 2.69. The third-order valence-corrected chi connectivity index (χ3v) is 4.26. The monoisotopic (exact) mass is 295 g/mol. The van der Waals surface area contributed by atoms with Crippen molar-refractivity contribution in [1.29, 1.82) is 0 Å². The van der Waals surface area contributed by atoms with Gasteiger partial charge in [0.2, 0.25) is 5.91 Å². The van der Waals surface area contributed by atoms with Gasteiger partial charge in [0.1, 0.15) is 5.75 Å². The highest BCUT2D eigenvalue weighted by atomic mass is 32.2. The summed E-state index contributed by atoms with van der Waals surface area (Å²) in [5.41, 5.74) is 7.05. The minimum atomic E-state index is -0.0197. The predicted molar refractivity (Wildman–Crippen MR) is 84.4 cm³/mol. The summed E-state index contributed by atoms with van der Waals surface area (Å²) in [5.74, 6) is 2.94. The molecule has 5 nitrogen and oxygen atoms in total. The maximum absolute atomic E-state index is 12.1. The molecule has 20 heavy (non-hydrogen) atoms. The number of carbonyl (C=O) groups is 1. The predicted octanol–water partition coefficient (Wildman–Crippen LogP) is 1.65. The second-order valence-corrected chi connectivity index (χ2v) is 5.97. The van der Waals surface area contributed by atoms with Gasteiger partial charge in [0.25, 0.3) is 0 Å². The maximum Gasteiger partial charge on any atom is 0.238 e. The third-order valence-electron chi connectivity index (χ3n) is 3.21. The molecule has 6 heteroatoms. The van der Waals surface area contributed by atoms with Gasteiger partial charge in [0.15, 0.2) is 0 Å². The molecule has 0 saturated carbocycles. The van der Waals surface area contributed by atoms with Gasteiger partial charge in [-0.05, 0) is 30.9 Å². The van der Waals surface area contributed by atoms with Crippen molar-refractivity contribution in [3.8, 4) is 5.75 Å². The lowest BCUT2D eigenvalue weighted by Gasteiger charge is -2.19. The summed E-state index contributed by atoms with van der Waals surface area (Å²) in [4.78, 5) is 14.2. The molecule has 0 aromatic heterocycles. The van der Waals surface area contributed by atoms with E-state index in [1.165, 1.54) is 5.75 Å². The quantitative estimate of drug-likeness (QED) is 0.827. The van der Waals surface area contributed by atoms with Crippen LogP contribution in [-0.4, -0.2) is 49.1 Å². The van der Waals surface area contributed by atoms with Gasteiger partial charge >= 0.3 is 0 Å². The molecule has 1 fully saturated rings. The highest BCUT2D eigenvalue weighted by molar-refractivity contribution is 7.99. The van der Waals surface area contributed by atoms with Gasteiger partial charge in [-0.25, -0.2) is 0 Å². The fourth-order valence-corrected chi connectivity index (χ4v) is 3.05. The molecule has 0 unspecified atom stereocenters. The highest BCUT2D eigenvalue weighted by Crippen LogP contribution is 2.24. The lowest BCUT2D eigenvalue weighted by atomic mass is 10.2. The molecule has 1 aliphatic rings. The number of nitrogens with one attached hydrogen (secondary N) is 1. The van der Waals surface area contributed by atoms with E-state index in [4.69, 9.17) is 10.5 Å². The number of methoxy groups -OCH3 is 1. The molecule has 0 aliphatic carbocycles. The smallest absolute Gasteiger partial charge is 0.238 e. The molecule has 1 aromatic rings. The molecule has 1 aliphatic heterocycles. The van der Waals surface area contributed by atoms with Gasteiger partial charge in [0, 0.05) is 18.4 Å². The zero-order valence-electron chi connectivity index (χ0n) is 11.7. The van der Waals surface area contributed by atoms with E-state index in [2.05, 4.69) is 10.2 Å². The molecule has 0 atom stereocenters. The molecule has 0 bridgehead atoms. The van der Waals surface area contributed by atoms with Crippen LogP contribution in [0.25, 0.3) is 0 Å². The largest absolute Gasteiger partial charge is 0.497 e. The number of nitrogens with two attached hydrogens (primary N) is 1. The molecule has 0 radical (unpaired) electrons. The molecule has 110 valence electrons. The van der Waals surface area contributed by atoms with E-state index in [0.29, 0.717) is 23.7 Å². The molecular formula is C14H21N3O2S. The van der Waals surface area contributed by atoms with Crippen LogP contribution < -0.4 is 15.8 Å². The number of hydrogen-bond donors (Lipinski definition) is 2. The van der Waals surface area contributed by atoms with E-state index >= 15 is 0 Å². The molecule has 2 rings (SSSR count). The summed E-state index contributed by atoms with van der Waals surface area (Å²) in [7, 11) is 1.59. The molecular weight excluding hydrogens is 274 g/mol. The van der Waals surface area contributed by atoms with E-state index in [1.54, 1.807) is 25.3 Å². The topological polar surface area (TPSA) is 67.6 Å². The molecule has 1 saturated heterocycles. The fourth-order valence-electron chi connectivity index (χ4n) is 2.13. The van der Waals surface area contributed by atoms with Gasteiger partial charge in [-0.1, -0.05) is 0 Å². The van der Waals surface area contributed by atoms with E-state index < -0.39 is 0 Å². The van der Waals surface area contributed by atoms with E-state index in [1.807, 2.05) is 11.8 Å². The number of amides is 1. The Labute approximate surface area is 123 Å². The van der Waals surface area contributed by atoms with Gasteiger partial charge in [-0.15, -0.1) is 0 Å². The first-order chi connectivity index (χ1) is 9.69. The number of rotatable bonds is 4. The maximum atomic E-state index is 12.1. The van der Waals surface area contributed by atoms with E-state index in [-0.39, 0.29) is 5.91 Å². The second-order valence-electron chi connectivity index (χ2n) is 4.74. The SMILES string of the molecule is COc1ccc(NC(=O)CN2CCCSCC2)c(N)c1. The summed E-state index contributed by atoms with van der Waals surface area (Å²) in [6.07, 6.45) is 1.14. The number of anilines is 2. The first-order valence-electron chi connectivity index (χ1n) is 6.72. The van der Waals surface area contributed by atoms with Gasteiger partial charge in [-0.3, -0.25) is 9.69 Å². The van der Waals surface area contributed by atoms with Crippen LogP contribution in [0.15, 0.2) is 18.2 Å². The van der Waals surface area contributed by atoms with Gasteiger partial charge in [0.05, 0.1) is 25.0 Å². The first-order valence-corrected chi connectivity index (χ1v) is 7.88. The lowest BCUT2D eigenvalue weighted by Crippen LogP contribution is -2.34. The Morgan fingerprint density at radius 2 is 2.30 bits per heavy atom. The van der Waals surface area contributed by atoms with E-state index in [0.717, 1.165) is 25.3 Å². The fraction of sp³-hybridized carbons (Fsp3) is 0.500. The van der Waals surface area contributed by atoms with Crippen molar-refractivity contribution in [2.75, 3.05) is 49.3 Å². The Bertz CT molecular complexity index is 460. The summed E-state index contributed by atoms with van der Waals surface area (Å²) in [6.45, 7) is 2.38. The average molecular weight is 295 g/mol. The number of thioether (sulfide) groups is 1. The van der Waals surface area contributed by atoms with Crippen molar-refractivity contribution in [3.05, 3.63) is 18.2 Å². The van der Waals surface area contributed by atoms with Crippen LogP contribution in [0.1, 0.15) is 6.42 Å². The van der Waals surface area contributed by atoms with Crippen molar-refractivity contribution >= 4 is 29.0 Å². The van der Waals surface area contributed by atoms with Crippen LogP contribution in [0.4, 0.5) is 11.4 Å². The molecule has 0 spiro atoms. The third kappa shape index (κ3) is 4.31. The minimum Gasteiger partial charge on any atom is -0.497 e. The lowest BCUT2D eigenvalue weighted by molar-refractivity contribution is -0.117. The Hall–Kier alpha value is -1.40. The molecule has 1 aromatic carbocycles. The van der Waals surface area contributed by atoms with Crippen molar-refractivity contribution in [3.63, 3.8) is 0 Å². The van der Waals surface area contributed by atoms with E-state index in [9.17, 15) is 4.79 Å². The molecule has 3 N–H and O–H groups in total. The Morgan fingerprint density at radius 1 is 1.45 bits per heavy atom. The van der Waals surface area contributed by atoms with Crippen LogP contribution in [0, 0.1) is 0 Å². The number of benzene rings is 1. The van der Waals surface area contributed by atoms with Crippen molar-refractivity contribution in [2.45, 2.75) is 6.42 Å². The van der Waals surface area contributed by atoms with Crippen LogP contribution in [0.2, 0.25) is 0 Å². The Balaban J connectivity index is 1.90. The summed E-state index contributed by atoms with van der Waals surface area (Å²) in [6, 6.07) is 5.26. The number of nitrogens with zero attached hydrogens (tertiary/aromatic N) is 1. The first kappa shape index (κ1) is 15.0. The molecule has 1 amide bonds. The van der Waals surface area contributed by atoms with Crippen molar-refractivity contribution in [1.82, 2.24) is 4.90 Å². The van der Waals surface area contributed by atoms with Crippen LogP contribution >= 0.6 is 11.8 Å². The van der Waals surface area contributed by atoms with Crippen LogP contribution in [0.3, 0.4) is 0 Å². The Morgan fingerprint density at radius 3 is 3.05 bits per heavy atom. The van der Waals surface area contributed by atoms with Crippen LogP contribution in [-0.2, 0) is 4.79 Å².